The fourth-order valence-corrected chi connectivity index (χ4v) is 7.07. The average molecular weight is 669 g/mol. The number of ether oxygens (including phenoxy) is 2. The molecular weight excluding hydrogens is 642 g/mol. The highest BCUT2D eigenvalue weighted by molar-refractivity contribution is 7.63. The van der Waals surface area contributed by atoms with Gasteiger partial charge in [0.25, 0.3) is 0 Å². The average Bonchev–Trinajstić information content (AvgIpc) is 3.58. The monoisotopic (exact) mass is 668 g/mol. The number of para-hydroxylation sites is 1. The van der Waals surface area contributed by atoms with Crippen molar-refractivity contribution in [1.29, 1.82) is 0 Å². The van der Waals surface area contributed by atoms with Crippen LogP contribution in [-0.2, 0) is 38.8 Å². The van der Waals surface area contributed by atoms with Crippen LogP contribution in [-0.4, -0.2) is 60.8 Å². The lowest BCUT2D eigenvalue weighted by molar-refractivity contribution is -0.143. The van der Waals surface area contributed by atoms with E-state index in [4.69, 9.17) is 40.2 Å². The molecule has 5 rings (SSSR count). The summed E-state index contributed by atoms with van der Waals surface area (Å²) in [4.78, 5) is 34.8. The van der Waals surface area contributed by atoms with Crippen LogP contribution in [0.4, 0.5) is 5.82 Å². The molecule has 2 aromatic heterocycles. The largest absolute Gasteiger partial charge is 0.481 e. The van der Waals surface area contributed by atoms with Crippen molar-refractivity contribution in [3.63, 3.8) is 0 Å². The van der Waals surface area contributed by atoms with Crippen LogP contribution < -0.4 is 15.3 Å². The summed E-state index contributed by atoms with van der Waals surface area (Å²) < 4.78 is 54.1. The number of nitrogen functional groups attached to an aromatic ring is 1. The first-order valence-electron chi connectivity index (χ1n) is 13.0. The molecule has 1 fully saturated rings. The van der Waals surface area contributed by atoms with Gasteiger partial charge in [0.1, 0.15) is 36.7 Å². The Morgan fingerprint density at radius 1 is 1.14 bits per heavy atom. The van der Waals surface area contributed by atoms with Crippen molar-refractivity contribution in [2.24, 2.45) is 0 Å². The molecule has 1 aliphatic rings. The molecule has 16 nitrogen and oxygen atoms in total. The molecule has 234 valence electrons. The maximum atomic E-state index is 13.5. The molecule has 3 heterocycles. The summed E-state index contributed by atoms with van der Waals surface area (Å²) >= 11 is 5.91. The van der Waals surface area contributed by atoms with E-state index < -0.39 is 53.1 Å². The minimum atomic E-state index is -5.15. The summed E-state index contributed by atoms with van der Waals surface area (Å²) in [6.45, 7) is -1.40. The van der Waals surface area contributed by atoms with Gasteiger partial charge in [-0.15, -0.1) is 0 Å². The number of aromatic nitrogens is 4. The second kappa shape index (κ2) is 13.7. The Labute approximate surface area is 255 Å². The van der Waals surface area contributed by atoms with Crippen molar-refractivity contribution in [2.45, 2.75) is 31.5 Å². The third kappa shape index (κ3) is 8.18. The van der Waals surface area contributed by atoms with Crippen molar-refractivity contribution in [2.75, 3.05) is 18.9 Å². The first kappa shape index (κ1) is 32.0. The fourth-order valence-electron chi connectivity index (χ4n) is 4.13. The van der Waals surface area contributed by atoms with Gasteiger partial charge in [0.2, 0.25) is 5.28 Å². The van der Waals surface area contributed by atoms with Gasteiger partial charge in [-0.3, -0.25) is 13.9 Å². The van der Waals surface area contributed by atoms with Crippen LogP contribution in [0.2, 0.25) is 5.28 Å². The van der Waals surface area contributed by atoms with Crippen molar-refractivity contribution in [3.8, 4) is 5.75 Å². The number of nitrogens with one attached hydrogen (secondary N) is 1. The summed E-state index contributed by atoms with van der Waals surface area (Å²) in [6.07, 6.45) is -1.69. The van der Waals surface area contributed by atoms with E-state index in [1.54, 1.807) is 48.5 Å². The molecule has 5 N–H and O–H groups in total. The molecule has 44 heavy (non-hydrogen) atoms. The third-order valence-corrected chi connectivity index (χ3v) is 9.50. The van der Waals surface area contributed by atoms with Gasteiger partial charge in [-0.1, -0.05) is 48.5 Å². The highest BCUT2D eigenvalue weighted by Gasteiger charge is 2.42. The number of nitrogens with zero attached hydrogens (tertiary/aromatic N) is 4. The highest BCUT2D eigenvalue weighted by Crippen LogP contribution is 2.60. The highest BCUT2D eigenvalue weighted by atomic mass is 35.5. The topological polar surface area (TPSA) is 219 Å². The molecule has 0 bridgehead atoms. The Bertz CT molecular complexity index is 1700. The Morgan fingerprint density at radius 2 is 1.84 bits per heavy atom. The number of phosphoric acid groups is 1. The van der Waals surface area contributed by atoms with E-state index >= 15 is 0 Å². The SMILES string of the molecule is Nc1nc(Cl)nc2c1ncn2[C@H]1C[C@@H](O)C(COP(=O)(O)OP(=O)(NCC(=O)OCc2ccccc2)Oc2ccccc2)O1. The summed E-state index contributed by atoms with van der Waals surface area (Å²) in [6, 6.07) is 16.5. The van der Waals surface area contributed by atoms with Gasteiger partial charge in [0.15, 0.2) is 11.5 Å². The van der Waals surface area contributed by atoms with Crippen LogP contribution >= 0.6 is 27.2 Å². The Kier molecular flexibility index (Phi) is 9.95. The summed E-state index contributed by atoms with van der Waals surface area (Å²) in [5.41, 5.74) is 7.08. The number of hydrogen-bond donors (Lipinski definition) is 4. The standard InChI is InChI=1S/C25H27ClN6O10P2/c26-25-30-23(27)22-24(31-25)32(15-28-22)20-11-18(33)19(40-20)14-39-44(36,37)42-43(35,41-17-9-5-2-6-10-17)29-12-21(34)38-13-16-7-3-1-4-8-16/h1-10,15,18-20,33H,11-14H2,(H,29,35)(H,36,37)(H2,27,30,31)/t18-,19?,20-,43?/m1/s1. The number of nitrogens with two attached hydrogens (primary N) is 1. The van der Waals surface area contributed by atoms with Crippen LogP contribution in [0.5, 0.6) is 5.75 Å². The Balaban J connectivity index is 1.21. The molecule has 0 spiro atoms. The van der Waals surface area contributed by atoms with Crippen molar-refractivity contribution in [1.82, 2.24) is 24.6 Å². The molecule has 3 unspecified atom stereocenters. The summed E-state index contributed by atoms with van der Waals surface area (Å²) in [5, 5.41) is 12.7. The Morgan fingerprint density at radius 3 is 2.57 bits per heavy atom. The normalized spacial score (nSPS) is 21.0. The zero-order valence-corrected chi connectivity index (χ0v) is 25.3. The zero-order valence-electron chi connectivity index (χ0n) is 22.7. The number of aliphatic hydroxyl groups excluding tert-OH is 1. The predicted molar refractivity (Wildman–Crippen MR) is 155 cm³/mol. The maximum Gasteiger partial charge on any atom is 0.481 e. The molecule has 5 atom stereocenters. The minimum Gasteiger partial charge on any atom is -0.460 e. The molecule has 0 radical (unpaired) electrons. The van der Waals surface area contributed by atoms with Gasteiger partial charge < -0.3 is 29.7 Å². The lowest BCUT2D eigenvalue weighted by atomic mass is 10.2. The molecule has 0 saturated carbocycles. The molecule has 19 heteroatoms. The number of esters is 1. The van der Waals surface area contributed by atoms with Crippen LogP contribution in [0.1, 0.15) is 18.2 Å². The van der Waals surface area contributed by atoms with E-state index in [9.17, 15) is 23.9 Å². The molecule has 1 aliphatic heterocycles. The van der Waals surface area contributed by atoms with Gasteiger partial charge in [-0.2, -0.15) is 14.3 Å². The Hall–Kier alpha value is -3.43. The number of carbonyl (C=O) groups is 1. The number of fused-ring (bicyclic) bond motifs is 1. The van der Waals surface area contributed by atoms with Crippen LogP contribution in [0.3, 0.4) is 0 Å². The number of halogens is 1. The molecule has 1 saturated heterocycles. The second-order valence-corrected chi connectivity index (χ2v) is 13.0. The number of hydrogen-bond acceptors (Lipinski definition) is 13. The quantitative estimate of drug-likeness (QED) is 0.0911. The number of imidazole rings is 1. The summed E-state index contributed by atoms with van der Waals surface area (Å²) in [7, 11) is -9.87. The van der Waals surface area contributed by atoms with Gasteiger partial charge in [0, 0.05) is 6.42 Å². The predicted octanol–water partition coefficient (Wildman–Crippen LogP) is 3.36. The smallest absolute Gasteiger partial charge is 0.460 e. The molecular formula is C25H27ClN6O10P2. The number of anilines is 1. The van der Waals surface area contributed by atoms with E-state index in [1.165, 1.54) is 23.0 Å². The number of benzene rings is 2. The molecule has 4 aromatic rings. The number of carbonyl (C=O) groups excluding carboxylic acids is 1. The second-order valence-electron chi connectivity index (χ2n) is 9.36. The van der Waals surface area contributed by atoms with Crippen molar-refractivity contribution in [3.05, 3.63) is 77.8 Å². The molecule has 0 amide bonds. The van der Waals surface area contributed by atoms with Crippen molar-refractivity contribution >= 4 is 50.1 Å². The van der Waals surface area contributed by atoms with Gasteiger partial charge in [-0.05, 0) is 29.3 Å². The van der Waals surface area contributed by atoms with Crippen LogP contribution in [0.25, 0.3) is 11.2 Å². The van der Waals surface area contributed by atoms with Gasteiger partial charge in [0.05, 0.1) is 19.0 Å². The van der Waals surface area contributed by atoms with E-state index in [0.717, 1.165) is 5.56 Å². The van der Waals surface area contributed by atoms with E-state index in [2.05, 4.69) is 20.0 Å². The van der Waals surface area contributed by atoms with Gasteiger partial charge >= 0.3 is 21.5 Å². The zero-order chi connectivity index (χ0) is 31.3. The first-order valence-corrected chi connectivity index (χ1v) is 16.4. The van der Waals surface area contributed by atoms with E-state index in [1.807, 2.05) is 0 Å². The minimum absolute atomic E-state index is 0.00971. The lowest BCUT2D eigenvalue weighted by Crippen LogP contribution is -2.27. The lowest BCUT2D eigenvalue weighted by Gasteiger charge is -2.23. The molecule has 0 aliphatic carbocycles. The first-order chi connectivity index (χ1) is 21.0. The fraction of sp³-hybridized carbons (Fsp3) is 0.280. The van der Waals surface area contributed by atoms with E-state index in [0.29, 0.717) is 0 Å². The third-order valence-electron chi connectivity index (χ3n) is 6.18. The maximum absolute atomic E-state index is 13.5. The van der Waals surface area contributed by atoms with Crippen LogP contribution in [0, 0.1) is 0 Å². The summed E-state index contributed by atoms with van der Waals surface area (Å²) in [5.74, 6) is -0.775. The molecule has 2 aromatic carbocycles. The number of aliphatic hydroxyl groups is 1. The number of phosphoric ester groups is 1. The van der Waals surface area contributed by atoms with Crippen molar-refractivity contribution < 1.29 is 46.8 Å². The number of rotatable bonds is 13. The van der Waals surface area contributed by atoms with Gasteiger partial charge in [-0.25, -0.2) is 19.2 Å². The van der Waals surface area contributed by atoms with E-state index in [-0.39, 0.29) is 41.0 Å². The van der Waals surface area contributed by atoms with Crippen LogP contribution in [0.15, 0.2) is 67.0 Å².